The van der Waals surface area contributed by atoms with Crippen molar-refractivity contribution in [2.24, 2.45) is 0 Å². The lowest BCUT2D eigenvalue weighted by atomic mass is 9.93. The van der Waals surface area contributed by atoms with Gasteiger partial charge in [0.15, 0.2) is 0 Å². The van der Waals surface area contributed by atoms with Crippen molar-refractivity contribution >= 4 is 30.7 Å². The molecule has 0 fully saturated rings. The molecule has 1 aromatic heterocycles. The van der Waals surface area contributed by atoms with Crippen molar-refractivity contribution in [3.05, 3.63) is 65.5 Å². The molecule has 1 aliphatic rings. The van der Waals surface area contributed by atoms with Gasteiger partial charge in [0.25, 0.3) is 5.91 Å². The van der Waals surface area contributed by atoms with Gasteiger partial charge in [-0.1, -0.05) is 24.3 Å². The first-order valence-electron chi connectivity index (χ1n) is 7.40. The average Bonchev–Trinajstić information content (AvgIpc) is 2.59. The van der Waals surface area contributed by atoms with Crippen molar-refractivity contribution in [2.75, 3.05) is 6.54 Å². The van der Waals surface area contributed by atoms with E-state index in [4.69, 9.17) is 0 Å². The molecule has 1 amide bonds. The molecule has 0 saturated heterocycles. The monoisotopic (exact) mass is 369 g/mol. The van der Waals surface area contributed by atoms with Gasteiger partial charge in [0.05, 0.1) is 11.7 Å². The predicted octanol–water partition coefficient (Wildman–Crippen LogP) is 1.73. The maximum Gasteiger partial charge on any atom is 0.252 e. The van der Waals surface area contributed by atoms with Crippen LogP contribution in [-0.2, 0) is 13.0 Å². The van der Waals surface area contributed by atoms with Crippen molar-refractivity contribution in [1.82, 2.24) is 15.6 Å². The Morgan fingerprint density at radius 3 is 2.71 bits per heavy atom. The third-order valence-corrected chi connectivity index (χ3v) is 3.97. The third kappa shape index (κ3) is 4.92. The molecule has 3 N–H and O–H groups in total. The Labute approximate surface area is 153 Å². The second-order valence-corrected chi connectivity index (χ2v) is 5.48. The summed E-state index contributed by atoms with van der Waals surface area (Å²) in [5, 5.41) is 16.4. The van der Waals surface area contributed by atoms with Crippen LogP contribution in [0.2, 0.25) is 0 Å². The van der Waals surface area contributed by atoms with E-state index in [2.05, 4.69) is 27.8 Å². The van der Waals surface area contributed by atoms with Crippen molar-refractivity contribution < 1.29 is 9.90 Å². The van der Waals surface area contributed by atoms with Crippen molar-refractivity contribution in [1.29, 1.82) is 0 Å². The highest BCUT2D eigenvalue weighted by atomic mass is 35.5. The Hall–Kier alpha value is -1.66. The zero-order chi connectivity index (χ0) is 15.4. The van der Waals surface area contributed by atoms with E-state index in [0.29, 0.717) is 5.56 Å². The summed E-state index contributed by atoms with van der Waals surface area (Å²) in [4.78, 5) is 15.9. The van der Waals surface area contributed by atoms with E-state index < -0.39 is 6.10 Å². The zero-order valence-corrected chi connectivity index (χ0v) is 14.6. The molecule has 1 aliphatic heterocycles. The number of pyridine rings is 1. The highest BCUT2D eigenvalue weighted by molar-refractivity contribution is 5.93. The summed E-state index contributed by atoms with van der Waals surface area (Å²) in [7, 11) is 0. The predicted molar refractivity (Wildman–Crippen MR) is 97.8 cm³/mol. The first kappa shape index (κ1) is 20.4. The van der Waals surface area contributed by atoms with Crippen LogP contribution in [0.4, 0.5) is 0 Å². The summed E-state index contributed by atoms with van der Waals surface area (Å²) in [6.45, 7) is 0.960. The molecule has 0 aliphatic carbocycles. The number of hydrogen-bond acceptors (Lipinski definition) is 4. The standard InChI is InChI=1S/C17H19N3O2.2ClH/c21-16(11-20-17(22)14-6-3-7-18-9-14)15-8-12-4-1-2-5-13(12)10-19-15;;/h1-7,9,15-16,19,21H,8,10-11H2,(H,20,22);2*1H/t15-,16?;;/m0../s1. The van der Waals surface area contributed by atoms with Crippen LogP contribution in [0.3, 0.4) is 0 Å². The highest BCUT2D eigenvalue weighted by Gasteiger charge is 2.24. The van der Waals surface area contributed by atoms with Crippen LogP contribution in [0, 0.1) is 0 Å². The summed E-state index contributed by atoms with van der Waals surface area (Å²) in [6.07, 6.45) is 3.26. The molecule has 1 aromatic carbocycles. The zero-order valence-electron chi connectivity index (χ0n) is 13.0. The molecule has 1 unspecified atom stereocenters. The van der Waals surface area contributed by atoms with E-state index in [-0.39, 0.29) is 43.3 Å². The third-order valence-electron chi connectivity index (χ3n) is 3.97. The molecule has 2 atom stereocenters. The summed E-state index contributed by atoms with van der Waals surface area (Å²) in [6, 6.07) is 11.6. The lowest BCUT2D eigenvalue weighted by Crippen LogP contribution is -2.49. The summed E-state index contributed by atoms with van der Waals surface area (Å²) in [5.74, 6) is -0.219. The van der Waals surface area contributed by atoms with Crippen LogP contribution in [0.5, 0.6) is 0 Å². The number of halogens is 2. The lowest BCUT2D eigenvalue weighted by molar-refractivity contribution is 0.0869. The van der Waals surface area contributed by atoms with Gasteiger partial charge in [-0.15, -0.1) is 24.8 Å². The minimum absolute atomic E-state index is 0. The largest absolute Gasteiger partial charge is 0.390 e. The van der Waals surface area contributed by atoms with Gasteiger partial charge in [0, 0.05) is 31.5 Å². The number of aromatic nitrogens is 1. The number of nitrogens with zero attached hydrogens (tertiary/aromatic N) is 1. The Balaban J connectivity index is 0.00000144. The molecule has 0 spiro atoms. The number of fused-ring (bicyclic) bond motifs is 1. The molecule has 2 heterocycles. The number of benzene rings is 1. The van der Waals surface area contributed by atoms with Crippen molar-refractivity contribution in [3.8, 4) is 0 Å². The topological polar surface area (TPSA) is 74.2 Å². The Morgan fingerprint density at radius 2 is 2.00 bits per heavy atom. The van der Waals surface area contributed by atoms with Crippen molar-refractivity contribution in [3.63, 3.8) is 0 Å². The number of nitrogens with one attached hydrogen (secondary N) is 2. The molecule has 0 saturated carbocycles. The van der Waals surface area contributed by atoms with Crippen LogP contribution < -0.4 is 10.6 Å². The van der Waals surface area contributed by atoms with E-state index >= 15 is 0 Å². The fraction of sp³-hybridized carbons (Fsp3) is 0.294. The number of aliphatic hydroxyl groups excluding tert-OH is 1. The Bertz CT molecular complexity index is 655. The Morgan fingerprint density at radius 1 is 1.25 bits per heavy atom. The molecular weight excluding hydrogens is 349 g/mol. The van der Waals surface area contributed by atoms with Crippen molar-refractivity contribution in [2.45, 2.75) is 25.1 Å². The molecule has 2 aromatic rings. The van der Waals surface area contributed by atoms with Gasteiger partial charge in [-0.25, -0.2) is 0 Å². The number of carbonyl (C=O) groups excluding carboxylic acids is 1. The van der Waals surface area contributed by atoms with Gasteiger partial charge < -0.3 is 15.7 Å². The van der Waals surface area contributed by atoms with E-state index in [1.807, 2.05) is 12.1 Å². The van der Waals surface area contributed by atoms with E-state index in [9.17, 15) is 9.90 Å². The number of amides is 1. The maximum absolute atomic E-state index is 11.9. The Kier molecular flexibility index (Phi) is 8.15. The summed E-state index contributed by atoms with van der Waals surface area (Å²) >= 11 is 0. The van der Waals surface area contributed by atoms with Gasteiger partial charge in [-0.2, -0.15) is 0 Å². The number of aliphatic hydroxyl groups is 1. The van der Waals surface area contributed by atoms with Crippen LogP contribution in [-0.4, -0.2) is 34.7 Å². The molecule has 7 heteroatoms. The smallest absolute Gasteiger partial charge is 0.252 e. The summed E-state index contributed by atoms with van der Waals surface area (Å²) < 4.78 is 0. The van der Waals surface area contributed by atoms with E-state index in [1.165, 1.54) is 17.3 Å². The molecule has 24 heavy (non-hydrogen) atoms. The quantitative estimate of drug-likeness (QED) is 0.767. The summed E-state index contributed by atoms with van der Waals surface area (Å²) in [5.41, 5.74) is 3.02. The molecule has 130 valence electrons. The minimum Gasteiger partial charge on any atom is -0.390 e. The number of carbonyl (C=O) groups is 1. The van der Waals surface area contributed by atoms with Gasteiger partial charge in [-0.05, 0) is 29.7 Å². The van der Waals surface area contributed by atoms with Gasteiger partial charge in [-0.3, -0.25) is 9.78 Å². The molecule has 0 bridgehead atoms. The van der Waals surface area contributed by atoms with Crippen LogP contribution in [0.25, 0.3) is 0 Å². The second-order valence-electron chi connectivity index (χ2n) is 5.48. The highest BCUT2D eigenvalue weighted by Crippen LogP contribution is 2.17. The van der Waals surface area contributed by atoms with Crippen LogP contribution in [0.15, 0.2) is 48.8 Å². The SMILES string of the molecule is Cl.Cl.O=C(NCC(O)[C@@H]1Cc2ccccc2CN1)c1cccnc1. The lowest BCUT2D eigenvalue weighted by Gasteiger charge is -2.30. The van der Waals surface area contributed by atoms with Gasteiger partial charge in [0.1, 0.15) is 0 Å². The maximum atomic E-state index is 11.9. The van der Waals surface area contributed by atoms with Gasteiger partial charge >= 0.3 is 0 Å². The first-order chi connectivity index (χ1) is 10.7. The fourth-order valence-electron chi connectivity index (χ4n) is 2.69. The normalized spacial score (nSPS) is 16.8. The fourth-order valence-corrected chi connectivity index (χ4v) is 2.69. The molecular formula is C17H21Cl2N3O2. The van der Waals surface area contributed by atoms with Gasteiger partial charge in [0.2, 0.25) is 0 Å². The molecule has 5 nitrogen and oxygen atoms in total. The number of rotatable bonds is 4. The number of hydrogen-bond donors (Lipinski definition) is 3. The minimum atomic E-state index is -0.631. The van der Waals surface area contributed by atoms with E-state index in [0.717, 1.165) is 13.0 Å². The average molecular weight is 370 g/mol. The van der Waals surface area contributed by atoms with Crippen LogP contribution >= 0.6 is 24.8 Å². The first-order valence-corrected chi connectivity index (χ1v) is 7.40. The molecule has 0 radical (unpaired) electrons. The van der Waals surface area contributed by atoms with Crippen LogP contribution in [0.1, 0.15) is 21.5 Å². The molecule has 3 rings (SSSR count). The second kappa shape index (κ2) is 9.59. The van der Waals surface area contributed by atoms with E-state index in [1.54, 1.807) is 18.3 Å².